The Morgan fingerprint density at radius 3 is 2.16 bits per heavy atom. The maximum absolute atomic E-state index is 11.9. The molecule has 0 heterocycles. The van der Waals surface area contributed by atoms with Crippen molar-refractivity contribution in [2.75, 3.05) is 13.2 Å². The Kier molecular flexibility index (Phi) is 4.92. The van der Waals surface area contributed by atoms with Crippen LogP contribution in [-0.4, -0.2) is 30.3 Å². The van der Waals surface area contributed by atoms with Crippen molar-refractivity contribution in [2.24, 2.45) is 0 Å². The molecule has 1 rings (SSSR count). The molecule has 0 amide bonds. The number of aryl methyl sites for hydroxylation is 1. The van der Waals surface area contributed by atoms with Crippen molar-refractivity contribution in [2.45, 2.75) is 27.7 Å². The largest absolute Gasteiger partial charge is 0.507 e. The van der Waals surface area contributed by atoms with Crippen molar-refractivity contribution in [3.63, 3.8) is 0 Å². The third kappa shape index (κ3) is 3.05. The van der Waals surface area contributed by atoms with Crippen LogP contribution in [0.1, 0.15) is 45.7 Å². The number of aromatic hydroxyl groups is 1. The van der Waals surface area contributed by atoms with Crippen molar-refractivity contribution < 1.29 is 24.2 Å². The number of carbonyl (C=O) groups excluding carboxylic acids is 2. The van der Waals surface area contributed by atoms with E-state index in [0.29, 0.717) is 11.1 Å². The van der Waals surface area contributed by atoms with Gasteiger partial charge in [0, 0.05) is 5.56 Å². The third-order valence-corrected chi connectivity index (χ3v) is 2.71. The summed E-state index contributed by atoms with van der Waals surface area (Å²) in [5.74, 6) is -1.26. The molecular formula is C14H18O5. The summed E-state index contributed by atoms with van der Waals surface area (Å²) in [7, 11) is 0. The Labute approximate surface area is 112 Å². The molecule has 1 N–H and O–H groups in total. The summed E-state index contributed by atoms with van der Waals surface area (Å²) in [5, 5.41) is 9.88. The molecule has 0 aromatic heterocycles. The highest BCUT2D eigenvalue weighted by atomic mass is 16.5. The fraction of sp³-hybridized carbons (Fsp3) is 0.429. The Morgan fingerprint density at radius 2 is 1.63 bits per heavy atom. The van der Waals surface area contributed by atoms with Crippen LogP contribution in [-0.2, 0) is 9.47 Å². The van der Waals surface area contributed by atoms with E-state index in [4.69, 9.17) is 9.47 Å². The zero-order valence-corrected chi connectivity index (χ0v) is 11.6. The van der Waals surface area contributed by atoms with E-state index in [2.05, 4.69) is 0 Å². The summed E-state index contributed by atoms with van der Waals surface area (Å²) >= 11 is 0. The lowest BCUT2D eigenvalue weighted by atomic mass is 9.97. The molecule has 0 saturated heterocycles. The number of ether oxygens (including phenoxy) is 2. The topological polar surface area (TPSA) is 72.8 Å². The Bertz CT molecular complexity index is 505. The number of rotatable bonds is 4. The van der Waals surface area contributed by atoms with Gasteiger partial charge >= 0.3 is 11.9 Å². The van der Waals surface area contributed by atoms with Gasteiger partial charge in [0.2, 0.25) is 0 Å². The van der Waals surface area contributed by atoms with Crippen LogP contribution in [0, 0.1) is 13.8 Å². The molecule has 5 heteroatoms. The van der Waals surface area contributed by atoms with E-state index in [-0.39, 0.29) is 30.1 Å². The number of hydrogen-bond acceptors (Lipinski definition) is 5. The van der Waals surface area contributed by atoms with Crippen molar-refractivity contribution >= 4 is 11.9 Å². The lowest BCUT2D eigenvalue weighted by Gasteiger charge is -2.14. The summed E-state index contributed by atoms with van der Waals surface area (Å²) < 4.78 is 9.83. The summed E-state index contributed by atoms with van der Waals surface area (Å²) in [5.41, 5.74) is 1.01. The van der Waals surface area contributed by atoms with E-state index in [1.54, 1.807) is 27.7 Å². The first kappa shape index (κ1) is 15.0. The zero-order chi connectivity index (χ0) is 14.6. The number of carbonyl (C=O) groups is 2. The summed E-state index contributed by atoms with van der Waals surface area (Å²) in [6.07, 6.45) is 0. The molecule has 1 aromatic rings. The van der Waals surface area contributed by atoms with Gasteiger partial charge in [-0.25, -0.2) is 9.59 Å². The summed E-state index contributed by atoms with van der Waals surface area (Å²) in [6, 6.07) is 1.44. The minimum atomic E-state index is -0.640. The first-order valence-electron chi connectivity index (χ1n) is 6.11. The smallest absolute Gasteiger partial charge is 0.339 e. The second-order valence-electron chi connectivity index (χ2n) is 4.03. The van der Waals surface area contributed by atoms with Gasteiger partial charge in [0.25, 0.3) is 0 Å². The van der Waals surface area contributed by atoms with Crippen LogP contribution in [0.2, 0.25) is 0 Å². The van der Waals surface area contributed by atoms with Crippen LogP contribution in [0.5, 0.6) is 5.75 Å². The van der Waals surface area contributed by atoms with E-state index in [1.165, 1.54) is 6.07 Å². The SMILES string of the molecule is CCOC(=O)c1cc(C)c(O)c(C)c1C(=O)OCC. The number of phenolic OH excluding ortho intramolecular Hbond substituents is 1. The van der Waals surface area contributed by atoms with Crippen LogP contribution in [0.15, 0.2) is 6.07 Å². The Balaban J connectivity index is 3.43. The second-order valence-corrected chi connectivity index (χ2v) is 4.03. The highest BCUT2D eigenvalue weighted by Crippen LogP contribution is 2.29. The predicted molar refractivity (Wildman–Crippen MR) is 69.5 cm³/mol. The van der Waals surface area contributed by atoms with Crippen LogP contribution < -0.4 is 0 Å². The first-order chi connectivity index (χ1) is 8.93. The van der Waals surface area contributed by atoms with E-state index in [9.17, 15) is 14.7 Å². The quantitative estimate of drug-likeness (QED) is 0.847. The van der Waals surface area contributed by atoms with Crippen molar-refractivity contribution in [3.8, 4) is 5.75 Å². The monoisotopic (exact) mass is 266 g/mol. The normalized spacial score (nSPS) is 10.1. The number of esters is 2. The summed E-state index contributed by atoms with van der Waals surface area (Å²) in [4.78, 5) is 23.8. The second kappa shape index (κ2) is 6.22. The molecule has 1 aromatic carbocycles. The van der Waals surface area contributed by atoms with Gasteiger partial charge in [-0.05, 0) is 39.3 Å². The highest BCUT2D eigenvalue weighted by Gasteiger charge is 2.24. The van der Waals surface area contributed by atoms with Gasteiger partial charge in [-0.15, -0.1) is 0 Å². The molecule has 0 unspecified atom stereocenters. The molecule has 0 radical (unpaired) electrons. The average Bonchev–Trinajstić information content (AvgIpc) is 2.35. The molecule has 0 aliphatic carbocycles. The Morgan fingerprint density at radius 1 is 1.11 bits per heavy atom. The molecule has 19 heavy (non-hydrogen) atoms. The van der Waals surface area contributed by atoms with Gasteiger partial charge < -0.3 is 14.6 Å². The van der Waals surface area contributed by atoms with E-state index < -0.39 is 11.9 Å². The van der Waals surface area contributed by atoms with Gasteiger partial charge in [-0.3, -0.25) is 0 Å². The standard InChI is InChI=1S/C14H18O5/c1-5-18-13(16)10-7-8(3)12(15)9(4)11(10)14(17)19-6-2/h7,15H,5-6H2,1-4H3. The van der Waals surface area contributed by atoms with E-state index >= 15 is 0 Å². The molecule has 104 valence electrons. The van der Waals surface area contributed by atoms with Gasteiger partial charge in [0.15, 0.2) is 0 Å². The van der Waals surface area contributed by atoms with Gasteiger partial charge in [-0.2, -0.15) is 0 Å². The zero-order valence-electron chi connectivity index (χ0n) is 11.6. The molecule has 0 fully saturated rings. The predicted octanol–water partition coefficient (Wildman–Crippen LogP) is 2.36. The molecule has 5 nitrogen and oxygen atoms in total. The van der Waals surface area contributed by atoms with Crippen molar-refractivity contribution in [1.82, 2.24) is 0 Å². The van der Waals surface area contributed by atoms with Crippen LogP contribution >= 0.6 is 0 Å². The molecule has 0 bridgehead atoms. The number of phenols is 1. The minimum absolute atomic E-state index is 0.0175. The fourth-order valence-electron chi connectivity index (χ4n) is 1.81. The van der Waals surface area contributed by atoms with Crippen LogP contribution in [0.3, 0.4) is 0 Å². The molecule has 0 saturated carbocycles. The van der Waals surface area contributed by atoms with Gasteiger partial charge in [0.1, 0.15) is 5.75 Å². The summed E-state index contributed by atoms with van der Waals surface area (Å²) in [6.45, 7) is 6.97. The fourth-order valence-corrected chi connectivity index (χ4v) is 1.81. The molecule has 0 atom stereocenters. The van der Waals surface area contributed by atoms with Crippen LogP contribution in [0.25, 0.3) is 0 Å². The van der Waals surface area contributed by atoms with E-state index in [0.717, 1.165) is 0 Å². The third-order valence-electron chi connectivity index (χ3n) is 2.71. The average molecular weight is 266 g/mol. The minimum Gasteiger partial charge on any atom is -0.507 e. The Hall–Kier alpha value is -2.04. The molecule has 0 aliphatic heterocycles. The molecular weight excluding hydrogens is 248 g/mol. The van der Waals surface area contributed by atoms with Crippen molar-refractivity contribution in [1.29, 1.82) is 0 Å². The number of benzene rings is 1. The lowest BCUT2D eigenvalue weighted by molar-refractivity contribution is 0.0477. The maximum Gasteiger partial charge on any atom is 0.339 e. The van der Waals surface area contributed by atoms with E-state index in [1.807, 2.05) is 0 Å². The molecule has 0 spiro atoms. The molecule has 0 aliphatic rings. The number of hydrogen-bond donors (Lipinski definition) is 1. The van der Waals surface area contributed by atoms with Crippen LogP contribution in [0.4, 0.5) is 0 Å². The maximum atomic E-state index is 11.9. The first-order valence-corrected chi connectivity index (χ1v) is 6.11. The van der Waals surface area contributed by atoms with Gasteiger partial charge in [0.05, 0.1) is 24.3 Å². The van der Waals surface area contributed by atoms with Crippen molar-refractivity contribution in [3.05, 3.63) is 28.3 Å². The van der Waals surface area contributed by atoms with Gasteiger partial charge in [-0.1, -0.05) is 0 Å². The highest BCUT2D eigenvalue weighted by molar-refractivity contribution is 6.05. The lowest BCUT2D eigenvalue weighted by Crippen LogP contribution is -2.16.